The zero-order valence-corrected chi connectivity index (χ0v) is 20.2. The molecular formula is C26H28N4O5. The second-order valence-corrected chi connectivity index (χ2v) is 8.49. The summed E-state index contributed by atoms with van der Waals surface area (Å²) >= 11 is 0. The fourth-order valence-electron chi connectivity index (χ4n) is 4.29. The lowest BCUT2D eigenvalue weighted by Crippen LogP contribution is -2.64. The molecule has 0 radical (unpaired) electrons. The Bertz CT molecular complexity index is 1280. The van der Waals surface area contributed by atoms with Crippen LogP contribution >= 0.6 is 0 Å². The molecule has 9 heteroatoms. The van der Waals surface area contributed by atoms with Gasteiger partial charge in [-0.3, -0.25) is 19.2 Å². The van der Waals surface area contributed by atoms with E-state index in [1.807, 2.05) is 49.4 Å². The average molecular weight is 477 g/mol. The minimum Gasteiger partial charge on any atom is -0.496 e. The van der Waals surface area contributed by atoms with Crippen molar-refractivity contribution < 1.29 is 23.9 Å². The maximum absolute atomic E-state index is 13.8. The molecule has 1 aromatic heterocycles. The maximum Gasteiger partial charge on any atom is 0.358 e. The van der Waals surface area contributed by atoms with Crippen LogP contribution in [0.5, 0.6) is 5.75 Å². The van der Waals surface area contributed by atoms with Gasteiger partial charge in [-0.2, -0.15) is 5.10 Å². The van der Waals surface area contributed by atoms with Gasteiger partial charge in [-0.15, -0.1) is 0 Å². The van der Waals surface area contributed by atoms with Crippen molar-refractivity contribution in [2.75, 3.05) is 18.6 Å². The number of benzene rings is 2. The molecule has 4 rings (SSSR count). The second-order valence-electron chi connectivity index (χ2n) is 8.49. The summed E-state index contributed by atoms with van der Waals surface area (Å²) in [5, 5.41) is 7.25. The summed E-state index contributed by atoms with van der Waals surface area (Å²) < 4.78 is 11.8. The van der Waals surface area contributed by atoms with Crippen LogP contribution in [0.4, 0.5) is 5.69 Å². The molecule has 1 aliphatic rings. The van der Waals surface area contributed by atoms with E-state index < -0.39 is 17.4 Å². The van der Waals surface area contributed by atoms with Crippen LogP contribution in [0.1, 0.15) is 46.0 Å². The molecule has 2 aromatic carbocycles. The van der Waals surface area contributed by atoms with Crippen molar-refractivity contribution >= 4 is 23.5 Å². The lowest BCUT2D eigenvalue weighted by molar-refractivity contribution is -0.126. The molecule has 2 heterocycles. The zero-order chi connectivity index (χ0) is 25.2. The van der Waals surface area contributed by atoms with Crippen molar-refractivity contribution in [2.24, 2.45) is 0 Å². The summed E-state index contributed by atoms with van der Waals surface area (Å²) in [5.74, 6) is -0.753. The Morgan fingerprint density at radius 3 is 2.57 bits per heavy atom. The van der Waals surface area contributed by atoms with Gasteiger partial charge in [0.25, 0.3) is 5.91 Å². The van der Waals surface area contributed by atoms with Gasteiger partial charge < -0.3 is 14.8 Å². The van der Waals surface area contributed by atoms with Crippen molar-refractivity contribution in [2.45, 2.75) is 39.4 Å². The number of para-hydroxylation sites is 2. The molecule has 0 bridgehead atoms. The fraction of sp³-hybridized carbons (Fsp3) is 0.308. The first-order valence-corrected chi connectivity index (χ1v) is 11.4. The number of esters is 1. The van der Waals surface area contributed by atoms with E-state index in [4.69, 9.17) is 9.47 Å². The molecule has 0 fully saturated rings. The Morgan fingerprint density at radius 1 is 1.14 bits per heavy atom. The Balaban J connectivity index is 1.73. The van der Waals surface area contributed by atoms with Crippen LogP contribution < -0.4 is 15.0 Å². The van der Waals surface area contributed by atoms with Gasteiger partial charge in [-0.1, -0.05) is 36.4 Å². The first-order chi connectivity index (χ1) is 16.8. The van der Waals surface area contributed by atoms with Crippen LogP contribution in [0.15, 0.2) is 54.6 Å². The van der Waals surface area contributed by atoms with Gasteiger partial charge in [-0.25, -0.2) is 4.79 Å². The van der Waals surface area contributed by atoms with Gasteiger partial charge in [0.15, 0.2) is 5.69 Å². The molecule has 0 aliphatic carbocycles. The summed E-state index contributed by atoms with van der Waals surface area (Å²) in [4.78, 5) is 41.2. The maximum atomic E-state index is 13.8. The molecule has 0 unspecified atom stereocenters. The standard InChI is InChI=1S/C26H28N4O5/c1-5-35-24(32)19-14-21-23(31)30(20-12-8-6-10-17(20)2)26(3,16-29(21)28-19)25(33)27-15-18-11-7-9-13-22(18)34-4/h6-14H,5,15-16H2,1-4H3,(H,27,33)/t26-/m1/s1. The van der Waals surface area contributed by atoms with Gasteiger partial charge >= 0.3 is 5.97 Å². The van der Waals surface area contributed by atoms with Crippen molar-refractivity contribution in [3.8, 4) is 5.75 Å². The number of methoxy groups -OCH3 is 1. The number of nitrogens with zero attached hydrogens (tertiary/aromatic N) is 3. The van der Waals surface area contributed by atoms with Gasteiger partial charge in [-0.05, 0) is 38.5 Å². The van der Waals surface area contributed by atoms with Crippen molar-refractivity contribution in [1.29, 1.82) is 0 Å². The first kappa shape index (κ1) is 24.0. The molecule has 35 heavy (non-hydrogen) atoms. The summed E-state index contributed by atoms with van der Waals surface area (Å²) in [6.45, 7) is 5.73. The van der Waals surface area contributed by atoms with Crippen LogP contribution in [0, 0.1) is 6.92 Å². The third-order valence-electron chi connectivity index (χ3n) is 6.12. The lowest BCUT2D eigenvalue weighted by atomic mass is 9.93. The van der Waals surface area contributed by atoms with Crippen molar-refractivity contribution in [1.82, 2.24) is 15.1 Å². The van der Waals surface area contributed by atoms with Crippen LogP contribution in [-0.4, -0.2) is 46.8 Å². The van der Waals surface area contributed by atoms with Crippen LogP contribution in [0.25, 0.3) is 0 Å². The third-order valence-corrected chi connectivity index (χ3v) is 6.12. The number of aryl methyl sites for hydroxylation is 1. The molecule has 1 atom stereocenters. The van der Waals surface area contributed by atoms with E-state index in [9.17, 15) is 14.4 Å². The molecule has 1 N–H and O–H groups in total. The molecule has 0 spiro atoms. The number of carbonyl (C=O) groups is 3. The number of rotatable bonds is 7. The highest BCUT2D eigenvalue weighted by Gasteiger charge is 2.49. The smallest absolute Gasteiger partial charge is 0.358 e. The predicted molar refractivity (Wildman–Crippen MR) is 129 cm³/mol. The lowest BCUT2D eigenvalue weighted by Gasteiger charge is -2.43. The monoisotopic (exact) mass is 476 g/mol. The molecule has 0 saturated carbocycles. The van der Waals surface area contributed by atoms with Gasteiger partial charge in [0.05, 0.1) is 20.3 Å². The van der Waals surface area contributed by atoms with E-state index in [2.05, 4.69) is 10.4 Å². The predicted octanol–water partition coefficient (Wildman–Crippen LogP) is 3.11. The number of ether oxygens (including phenoxy) is 2. The summed E-state index contributed by atoms with van der Waals surface area (Å²) in [7, 11) is 1.57. The normalized spacial score (nSPS) is 17.0. The van der Waals surface area contributed by atoms with E-state index in [0.29, 0.717) is 11.4 Å². The summed E-state index contributed by atoms with van der Waals surface area (Å²) in [5.41, 5.74) is 1.17. The number of amides is 2. The Kier molecular flexibility index (Phi) is 6.59. The molecular weight excluding hydrogens is 448 g/mol. The van der Waals surface area contributed by atoms with Crippen LogP contribution in [-0.2, 0) is 22.6 Å². The fourth-order valence-corrected chi connectivity index (χ4v) is 4.29. The Labute approximate surface area is 203 Å². The van der Waals surface area contributed by atoms with Crippen LogP contribution in [0.3, 0.4) is 0 Å². The summed E-state index contributed by atoms with van der Waals surface area (Å²) in [6, 6.07) is 16.2. The van der Waals surface area contributed by atoms with Gasteiger partial charge in [0.2, 0.25) is 5.91 Å². The van der Waals surface area contributed by atoms with E-state index in [0.717, 1.165) is 11.1 Å². The van der Waals surface area contributed by atoms with E-state index in [1.54, 1.807) is 27.0 Å². The quantitative estimate of drug-likeness (QED) is 0.526. The molecule has 0 saturated heterocycles. The zero-order valence-electron chi connectivity index (χ0n) is 20.2. The number of aromatic nitrogens is 2. The largest absolute Gasteiger partial charge is 0.496 e. The Morgan fingerprint density at radius 2 is 1.86 bits per heavy atom. The highest BCUT2D eigenvalue weighted by atomic mass is 16.5. The van der Waals surface area contributed by atoms with E-state index in [-0.39, 0.29) is 37.0 Å². The van der Waals surface area contributed by atoms with Crippen LogP contribution in [0.2, 0.25) is 0 Å². The minimum absolute atomic E-state index is 0.0265. The molecule has 2 amide bonds. The third kappa shape index (κ3) is 4.37. The van der Waals surface area contributed by atoms with Gasteiger partial charge in [0, 0.05) is 23.9 Å². The topological polar surface area (TPSA) is 103 Å². The number of fused-ring (bicyclic) bond motifs is 1. The highest BCUT2D eigenvalue weighted by Crippen LogP contribution is 2.34. The second kappa shape index (κ2) is 9.61. The molecule has 3 aromatic rings. The average Bonchev–Trinajstić information content (AvgIpc) is 3.28. The van der Waals surface area contributed by atoms with E-state index in [1.165, 1.54) is 15.6 Å². The SMILES string of the molecule is CCOC(=O)c1cc2n(n1)C[C@](C)(C(=O)NCc1ccccc1OC)N(c1ccccc1C)C2=O. The minimum atomic E-state index is -1.32. The summed E-state index contributed by atoms with van der Waals surface area (Å²) in [6.07, 6.45) is 0. The number of nitrogens with one attached hydrogen (secondary N) is 1. The van der Waals surface area contributed by atoms with Crippen molar-refractivity contribution in [3.63, 3.8) is 0 Å². The van der Waals surface area contributed by atoms with Gasteiger partial charge in [0.1, 0.15) is 17.0 Å². The molecule has 9 nitrogen and oxygen atoms in total. The number of hydrogen-bond acceptors (Lipinski definition) is 6. The number of carbonyl (C=O) groups excluding carboxylic acids is 3. The molecule has 182 valence electrons. The first-order valence-electron chi connectivity index (χ1n) is 11.4. The Hall–Kier alpha value is -4.14. The van der Waals surface area contributed by atoms with Crippen molar-refractivity contribution in [3.05, 3.63) is 77.1 Å². The number of anilines is 1. The molecule has 1 aliphatic heterocycles. The highest BCUT2D eigenvalue weighted by molar-refractivity contribution is 6.12. The number of hydrogen-bond donors (Lipinski definition) is 1. The van der Waals surface area contributed by atoms with E-state index >= 15 is 0 Å².